The molecule has 0 radical (unpaired) electrons. The average Bonchev–Trinajstić information content (AvgIpc) is 2.50. The highest BCUT2D eigenvalue weighted by atomic mass is 79.9. The number of carbonyl (C=O) groups is 1. The van der Waals surface area contributed by atoms with E-state index in [9.17, 15) is 14.3 Å². The fourth-order valence-corrected chi connectivity index (χ4v) is 2.12. The summed E-state index contributed by atoms with van der Waals surface area (Å²) in [7, 11) is 1.54. The second kappa shape index (κ2) is 7.28. The first-order valence-corrected chi connectivity index (χ1v) is 7.10. The van der Waals surface area contributed by atoms with Gasteiger partial charge in [0.1, 0.15) is 5.82 Å². The SMILES string of the molecule is COCCNc1cnc(-c2cc(Br)ccc2F)nc1C(=O)O. The Kier molecular flexibility index (Phi) is 5.40. The number of methoxy groups -OCH3 is 1. The molecule has 1 aromatic carbocycles. The molecule has 0 bridgehead atoms. The summed E-state index contributed by atoms with van der Waals surface area (Å²) < 4.78 is 19.4. The van der Waals surface area contributed by atoms with E-state index >= 15 is 0 Å². The molecule has 1 heterocycles. The molecule has 2 aromatic rings. The van der Waals surface area contributed by atoms with E-state index in [0.29, 0.717) is 17.6 Å². The van der Waals surface area contributed by atoms with Gasteiger partial charge >= 0.3 is 5.97 Å². The minimum atomic E-state index is -1.22. The van der Waals surface area contributed by atoms with Crippen LogP contribution in [0.3, 0.4) is 0 Å². The van der Waals surface area contributed by atoms with Crippen LogP contribution in [-0.4, -0.2) is 41.3 Å². The molecule has 0 saturated heterocycles. The number of aromatic carboxylic acids is 1. The van der Waals surface area contributed by atoms with E-state index < -0.39 is 11.8 Å². The third-order valence-corrected chi connectivity index (χ3v) is 3.28. The summed E-state index contributed by atoms with van der Waals surface area (Å²) in [4.78, 5) is 19.3. The Morgan fingerprint density at radius 2 is 2.27 bits per heavy atom. The van der Waals surface area contributed by atoms with Gasteiger partial charge in [-0.1, -0.05) is 15.9 Å². The Balaban J connectivity index is 2.40. The quantitative estimate of drug-likeness (QED) is 0.761. The third-order valence-electron chi connectivity index (χ3n) is 2.78. The predicted octanol–water partition coefficient (Wildman–Crippen LogP) is 2.80. The number of benzene rings is 1. The van der Waals surface area contributed by atoms with Crippen LogP contribution in [0, 0.1) is 5.82 Å². The second-order valence-corrected chi connectivity index (χ2v) is 5.22. The van der Waals surface area contributed by atoms with Gasteiger partial charge in [0.25, 0.3) is 0 Å². The van der Waals surface area contributed by atoms with Crippen molar-refractivity contribution in [2.24, 2.45) is 0 Å². The third kappa shape index (κ3) is 3.77. The molecule has 0 saturated carbocycles. The molecule has 0 aliphatic heterocycles. The number of hydrogen-bond acceptors (Lipinski definition) is 5. The lowest BCUT2D eigenvalue weighted by Gasteiger charge is -2.10. The molecule has 8 heteroatoms. The molecule has 2 N–H and O–H groups in total. The zero-order chi connectivity index (χ0) is 16.1. The summed E-state index contributed by atoms with van der Waals surface area (Å²) in [6.07, 6.45) is 1.32. The van der Waals surface area contributed by atoms with Gasteiger partial charge in [0.05, 0.1) is 24.1 Å². The maximum Gasteiger partial charge on any atom is 0.356 e. The largest absolute Gasteiger partial charge is 0.476 e. The van der Waals surface area contributed by atoms with E-state index in [1.165, 1.54) is 31.5 Å². The number of carboxylic acid groups (broad SMARTS) is 1. The summed E-state index contributed by atoms with van der Waals surface area (Å²) in [5.74, 6) is -1.74. The number of aromatic nitrogens is 2. The van der Waals surface area contributed by atoms with Crippen molar-refractivity contribution in [2.75, 3.05) is 25.6 Å². The Morgan fingerprint density at radius 1 is 1.50 bits per heavy atom. The van der Waals surface area contributed by atoms with Crippen LogP contribution in [-0.2, 0) is 4.74 Å². The Morgan fingerprint density at radius 3 is 2.95 bits per heavy atom. The molecule has 0 fully saturated rings. The number of hydrogen-bond donors (Lipinski definition) is 2. The monoisotopic (exact) mass is 369 g/mol. The standard InChI is InChI=1S/C14H13BrFN3O3/c1-22-5-4-17-11-7-18-13(19-12(11)14(20)21)9-6-8(15)2-3-10(9)16/h2-3,6-7,17H,4-5H2,1H3,(H,20,21). The predicted molar refractivity (Wildman–Crippen MR) is 82.5 cm³/mol. The Bertz CT molecular complexity index is 697. The van der Waals surface area contributed by atoms with Crippen molar-refractivity contribution in [3.05, 3.63) is 40.4 Å². The summed E-state index contributed by atoms with van der Waals surface area (Å²) >= 11 is 3.23. The minimum Gasteiger partial charge on any atom is -0.476 e. The molecule has 1 aromatic heterocycles. The van der Waals surface area contributed by atoms with Crippen LogP contribution in [0.25, 0.3) is 11.4 Å². The van der Waals surface area contributed by atoms with Gasteiger partial charge in [-0.3, -0.25) is 0 Å². The van der Waals surface area contributed by atoms with Crippen LogP contribution in [0.15, 0.2) is 28.9 Å². The van der Waals surface area contributed by atoms with Crippen LogP contribution in [0.5, 0.6) is 0 Å². The molecule has 116 valence electrons. The van der Waals surface area contributed by atoms with Crippen LogP contribution < -0.4 is 5.32 Å². The number of ether oxygens (including phenoxy) is 1. The van der Waals surface area contributed by atoms with E-state index in [1.807, 2.05) is 0 Å². The highest BCUT2D eigenvalue weighted by molar-refractivity contribution is 9.10. The lowest BCUT2D eigenvalue weighted by atomic mass is 10.2. The summed E-state index contributed by atoms with van der Waals surface area (Å²) in [5, 5.41) is 12.1. The van der Waals surface area contributed by atoms with Gasteiger partial charge in [-0.05, 0) is 18.2 Å². The molecule has 2 rings (SSSR count). The molecular formula is C14H13BrFN3O3. The van der Waals surface area contributed by atoms with Gasteiger partial charge in [0.2, 0.25) is 0 Å². The molecule has 0 spiro atoms. The molecular weight excluding hydrogens is 357 g/mol. The first kappa shape index (κ1) is 16.3. The maximum absolute atomic E-state index is 13.9. The molecule has 6 nitrogen and oxygen atoms in total. The van der Waals surface area contributed by atoms with E-state index in [1.54, 1.807) is 0 Å². The van der Waals surface area contributed by atoms with Crippen LogP contribution in [0.1, 0.15) is 10.5 Å². The van der Waals surface area contributed by atoms with E-state index in [2.05, 4.69) is 31.2 Å². The van der Waals surface area contributed by atoms with E-state index in [4.69, 9.17) is 4.74 Å². The second-order valence-electron chi connectivity index (χ2n) is 4.30. The highest BCUT2D eigenvalue weighted by Gasteiger charge is 2.16. The van der Waals surface area contributed by atoms with Crippen LogP contribution >= 0.6 is 15.9 Å². The molecule has 22 heavy (non-hydrogen) atoms. The lowest BCUT2D eigenvalue weighted by molar-refractivity contribution is 0.0691. The van der Waals surface area contributed by atoms with Crippen molar-refractivity contribution in [2.45, 2.75) is 0 Å². The number of nitrogens with zero attached hydrogens (tertiary/aromatic N) is 2. The van der Waals surface area contributed by atoms with Crippen molar-refractivity contribution >= 4 is 27.6 Å². The Labute approximate surface area is 134 Å². The van der Waals surface area contributed by atoms with Crippen molar-refractivity contribution in [3.63, 3.8) is 0 Å². The summed E-state index contributed by atoms with van der Waals surface area (Å²) in [6, 6.07) is 4.29. The zero-order valence-electron chi connectivity index (χ0n) is 11.6. The van der Waals surface area contributed by atoms with Gasteiger partial charge in [-0.25, -0.2) is 19.2 Å². The van der Waals surface area contributed by atoms with Gasteiger partial charge in [-0.2, -0.15) is 0 Å². The van der Waals surface area contributed by atoms with Crippen LogP contribution in [0.4, 0.5) is 10.1 Å². The molecule has 0 atom stereocenters. The van der Waals surface area contributed by atoms with E-state index in [0.717, 1.165) is 0 Å². The first-order valence-electron chi connectivity index (χ1n) is 6.31. The molecule has 0 unspecified atom stereocenters. The topological polar surface area (TPSA) is 84.3 Å². The number of anilines is 1. The van der Waals surface area contributed by atoms with Gasteiger partial charge in [0.15, 0.2) is 11.5 Å². The van der Waals surface area contributed by atoms with Crippen LogP contribution in [0.2, 0.25) is 0 Å². The lowest BCUT2D eigenvalue weighted by Crippen LogP contribution is -2.14. The van der Waals surface area contributed by atoms with Crippen molar-refractivity contribution in [3.8, 4) is 11.4 Å². The van der Waals surface area contributed by atoms with Crippen molar-refractivity contribution < 1.29 is 19.0 Å². The summed E-state index contributed by atoms with van der Waals surface area (Å²) in [5.41, 5.74) is 0.157. The maximum atomic E-state index is 13.9. The fraction of sp³-hybridized carbons (Fsp3) is 0.214. The smallest absolute Gasteiger partial charge is 0.356 e. The average molecular weight is 370 g/mol. The number of rotatable bonds is 6. The van der Waals surface area contributed by atoms with Gasteiger partial charge in [-0.15, -0.1) is 0 Å². The minimum absolute atomic E-state index is 0.00786. The first-order chi connectivity index (χ1) is 10.5. The Hall–Kier alpha value is -2.06. The number of halogens is 2. The molecule has 0 aliphatic carbocycles. The van der Waals surface area contributed by atoms with Gasteiger partial charge in [0, 0.05) is 18.1 Å². The number of carboxylic acids is 1. The molecule has 0 amide bonds. The number of nitrogens with one attached hydrogen (secondary N) is 1. The van der Waals surface area contributed by atoms with Gasteiger partial charge < -0.3 is 15.2 Å². The zero-order valence-corrected chi connectivity index (χ0v) is 13.2. The fourth-order valence-electron chi connectivity index (χ4n) is 1.76. The molecule has 0 aliphatic rings. The summed E-state index contributed by atoms with van der Waals surface area (Å²) in [6.45, 7) is 0.811. The van der Waals surface area contributed by atoms with E-state index in [-0.39, 0.29) is 22.8 Å². The van der Waals surface area contributed by atoms with Crippen molar-refractivity contribution in [1.29, 1.82) is 0 Å². The van der Waals surface area contributed by atoms with Crippen molar-refractivity contribution in [1.82, 2.24) is 9.97 Å². The highest BCUT2D eigenvalue weighted by Crippen LogP contribution is 2.25. The normalized spacial score (nSPS) is 10.5.